The summed E-state index contributed by atoms with van der Waals surface area (Å²) in [5, 5.41) is 0. The Bertz CT molecular complexity index is 1150. The Morgan fingerprint density at radius 3 is 2.24 bits per heavy atom. The molecule has 34 heavy (non-hydrogen) atoms. The van der Waals surface area contributed by atoms with Gasteiger partial charge in [-0.05, 0) is 65.9 Å². The van der Waals surface area contributed by atoms with Crippen molar-refractivity contribution >= 4 is 17.7 Å². The van der Waals surface area contributed by atoms with Crippen LogP contribution in [0.3, 0.4) is 0 Å². The van der Waals surface area contributed by atoms with E-state index in [9.17, 15) is 9.59 Å². The third-order valence-corrected chi connectivity index (χ3v) is 6.16. The topological polar surface area (TPSA) is 59.1 Å². The van der Waals surface area contributed by atoms with Crippen molar-refractivity contribution in [2.45, 2.75) is 20.4 Å². The van der Waals surface area contributed by atoms with E-state index >= 15 is 0 Å². The summed E-state index contributed by atoms with van der Waals surface area (Å²) in [6.45, 7) is 6.79. The van der Waals surface area contributed by atoms with Gasteiger partial charge in [-0.1, -0.05) is 42.5 Å². The first-order valence-corrected chi connectivity index (χ1v) is 11.5. The highest BCUT2D eigenvalue weighted by Crippen LogP contribution is 2.31. The van der Waals surface area contributed by atoms with Gasteiger partial charge in [-0.25, -0.2) is 9.59 Å². The number of carbonyl (C=O) groups excluding carboxylic acids is 2. The molecule has 0 aliphatic carbocycles. The average molecular weight is 459 g/mol. The summed E-state index contributed by atoms with van der Waals surface area (Å²) in [5.41, 5.74) is 6.89. The predicted molar refractivity (Wildman–Crippen MR) is 133 cm³/mol. The number of amides is 2. The van der Waals surface area contributed by atoms with E-state index in [-0.39, 0.29) is 12.0 Å². The van der Waals surface area contributed by atoms with Gasteiger partial charge >= 0.3 is 12.0 Å². The fraction of sp³-hybridized carbons (Fsp3) is 0.286. The lowest BCUT2D eigenvalue weighted by atomic mass is 9.95. The summed E-state index contributed by atoms with van der Waals surface area (Å²) in [6, 6.07) is 21.5. The second kappa shape index (κ2) is 10.5. The van der Waals surface area contributed by atoms with Gasteiger partial charge in [0.15, 0.2) is 0 Å². The van der Waals surface area contributed by atoms with E-state index in [0.29, 0.717) is 38.4 Å². The summed E-state index contributed by atoms with van der Waals surface area (Å²) in [7, 11) is 1.36. The molecule has 0 atom stereocenters. The summed E-state index contributed by atoms with van der Waals surface area (Å²) in [6.07, 6.45) is 0. The van der Waals surface area contributed by atoms with Gasteiger partial charge in [-0.15, -0.1) is 0 Å². The van der Waals surface area contributed by atoms with E-state index in [4.69, 9.17) is 9.47 Å². The fourth-order valence-corrected chi connectivity index (χ4v) is 4.34. The van der Waals surface area contributed by atoms with E-state index in [0.717, 1.165) is 16.8 Å². The normalized spacial score (nSPS) is 13.4. The van der Waals surface area contributed by atoms with Gasteiger partial charge in [-0.3, -0.25) is 4.90 Å². The Labute approximate surface area is 200 Å². The number of ether oxygens (including phenoxy) is 2. The van der Waals surface area contributed by atoms with Crippen LogP contribution in [-0.2, 0) is 16.0 Å². The minimum Gasteiger partial charge on any atom is -0.465 e. The number of methoxy groups -OCH3 is 1. The second-order valence-corrected chi connectivity index (χ2v) is 8.47. The third kappa shape index (κ3) is 5.13. The zero-order chi connectivity index (χ0) is 24.1. The average Bonchev–Trinajstić information content (AvgIpc) is 2.87. The monoisotopic (exact) mass is 458 g/mol. The van der Waals surface area contributed by atoms with Crippen LogP contribution in [0.2, 0.25) is 0 Å². The standard InChI is InChI=1S/C28H30N2O4/c1-20-6-4-7-21(2)26(20)24-8-5-9-25(18-24)30(28(32)29-14-16-34-17-15-29)19-22-10-12-23(13-11-22)27(31)33-3/h4-13,18H,14-17,19H2,1-3H3. The second-order valence-electron chi connectivity index (χ2n) is 8.47. The van der Waals surface area contributed by atoms with Crippen molar-refractivity contribution in [2.75, 3.05) is 38.3 Å². The minimum absolute atomic E-state index is 0.0565. The van der Waals surface area contributed by atoms with E-state index in [1.54, 1.807) is 17.0 Å². The van der Waals surface area contributed by atoms with Gasteiger partial charge in [0.25, 0.3) is 0 Å². The number of benzene rings is 3. The Morgan fingerprint density at radius 1 is 0.941 bits per heavy atom. The number of carbonyl (C=O) groups is 2. The highest BCUT2D eigenvalue weighted by molar-refractivity contribution is 5.93. The van der Waals surface area contributed by atoms with E-state index < -0.39 is 0 Å². The Kier molecular flexibility index (Phi) is 7.28. The number of hydrogen-bond acceptors (Lipinski definition) is 4. The van der Waals surface area contributed by atoms with Crippen molar-refractivity contribution in [2.24, 2.45) is 0 Å². The maximum Gasteiger partial charge on any atom is 0.337 e. The number of esters is 1. The molecule has 1 heterocycles. The van der Waals surface area contributed by atoms with Gasteiger partial charge in [-0.2, -0.15) is 0 Å². The van der Waals surface area contributed by atoms with Crippen molar-refractivity contribution in [3.8, 4) is 11.1 Å². The smallest absolute Gasteiger partial charge is 0.337 e. The first-order chi connectivity index (χ1) is 16.5. The lowest BCUT2D eigenvalue weighted by molar-refractivity contribution is 0.0548. The Hall–Kier alpha value is -3.64. The van der Waals surface area contributed by atoms with Crippen molar-refractivity contribution in [1.82, 2.24) is 4.90 Å². The van der Waals surface area contributed by atoms with E-state index in [2.05, 4.69) is 44.2 Å². The van der Waals surface area contributed by atoms with Crippen LogP contribution in [0.25, 0.3) is 11.1 Å². The molecule has 0 saturated carbocycles. The highest BCUT2D eigenvalue weighted by Gasteiger charge is 2.25. The molecule has 1 aliphatic heterocycles. The molecule has 176 valence electrons. The molecule has 4 rings (SSSR count). The summed E-state index contributed by atoms with van der Waals surface area (Å²) in [5.74, 6) is -0.380. The zero-order valence-electron chi connectivity index (χ0n) is 19.9. The molecule has 1 aliphatic rings. The number of hydrogen-bond donors (Lipinski definition) is 0. The molecule has 3 aromatic carbocycles. The third-order valence-electron chi connectivity index (χ3n) is 6.16. The SMILES string of the molecule is COC(=O)c1ccc(CN(C(=O)N2CCOCC2)c2cccc(-c3c(C)cccc3C)c2)cc1. The first-order valence-electron chi connectivity index (χ1n) is 11.5. The van der Waals surface area contributed by atoms with Crippen molar-refractivity contribution in [3.05, 3.63) is 89.0 Å². The van der Waals surface area contributed by atoms with Crippen molar-refractivity contribution in [1.29, 1.82) is 0 Å². The Balaban J connectivity index is 1.69. The van der Waals surface area contributed by atoms with Gasteiger partial charge in [0.05, 0.1) is 32.4 Å². The molecule has 0 bridgehead atoms. The molecule has 0 radical (unpaired) electrons. The molecule has 6 heteroatoms. The molecule has 3 aromatic rings. The van der Waals surface area contributed by atoms with Crippen LogP contribution in [0.5, 0.6) is 0 Å². The molecular formula is C28H30N2O4. The van der Waals surface area contributed by atoms with E-state index in [1.165, 1.54) is 23.8 Å². The van der Waals surface area contributed by atoms with Crippen LogP contribution in [0.1, 0.15) is 27.0 Å². The number of rotatable bonds is 5. The lowest BCUT2D eigenvalue weighted by Gasteiger charge is -2.33. The highest BCUT2D eigenvalue weighted by atomic mass is 16.5. The van der Waals surface area contributed by atoms with Crippen LogP contribution in [-0.4, -0.2) is 50.3 Å². The number of nitrogens with zero attached hydrogens (tertiary/aromatic N) is 2. The molecule has 0 unspecified atom stereocenters. The zero-order valence-corrected chi connectivity index (χ0v) is 19.9. The molecular weight excluding hydrogens is 428 g/mol. The fourth-order valence-electron chi connectivity index (χ4n) is 4.34. The van der Waals surface area contributed by atoms with Crippen molar-refractivity contribution in [3.63, 3.8) is 0 Å². The first kappa shape index (κ1) is 23.5. The van der Waals surface area contributed by atoms with Gasteiger partial charge < -0.3 is 14.4 Å². The summed E-state index contributed by atoms with van der Waals surface area (Å²) in [4.78, 5) is 29.1. The van der Waals surface area contributed by atoms with Crippen LogP contribution in [0.15, 0.2) is 66.7 Å². The van der Waals surface area contributed by atoms with Gasteiger partial charge in [0.1, 0.15) is 0 Å². The number of urea groups is 1. The number of morpholine rings is 1. The predicted octanol–water partition coefficient (Wildman–Crippen LogP) is 5.22. The molecule has 0 N–H and O–H groups in total. The summed E-state index contributed by atoms with van der Waals surface area (Å²) < 4.78 is 10.2. The van der Waals surface area contributed by atoms with Crippen LogP contribution < -0.4 is 4.90 Å². The molecule has 6 nitrogen and oxygen atoms in total. The minimum atomic E-state index is -0.380. The number of anilines is 1. The van der Waals surface area contributed by atoms with Crippen LogP contribution >= 0.6 is 0 Å². The maximum atomic E-state index is 13.6. The summed E-state index contributed by atoms with van der Waals surface area (Å²) >= 11 is 0. The molecule has 1 fully saturated rings. The molecule has 2 amide bonds. The van der Waals surface area contributed by atoms with Gasteiger partial charge in [0.2, 0.25) is 0 Å². The molecule has 0 aromatic heterocycles. The Morgan fingerprint density at radius 2 is 1.59 bits per heavy atom. The molecule has 0 spiro atoms. The van der Waals surface area contributed by atoms with E-state index in [1.807, 2.05) is 29.2 Å². The van der Waals surface area contributed by atoms with Crippen molar-refractivity contribution < 1.29 is 19.1 Å². The van der Waals surface area contributed by atoms with Crippen LogP contribution in [0.4, 0.5) is 10.5 Å². The largest absolute Gasteiger partial charge is 0.465 e. The number of aryl methyl sites for hydroxylation is 2. The quantitative estimate of drug-likeness (QED) is 0.492. The van der Waals surface area contributed by atoms with Gasteiger partial charge in [0, 0.05) is 18.8 Å². The molecule has 1 saturated heterocycles. The van der Waals surface area contributed by atoms with Crippen LogP contribution in [0, 0.1) is 13.8 Å². The lowest BCUT2D eigenvalue weighted by Crippen LogP contribution is -2.48. The maximum absolute atomic E-state index is 13.6.